The molecule has 0 aliphatic rings. The van der Waals surface area contributed by atoms with Crippen LogP contribution in [0.15, 0.2) is 11.4 Å². The molecule has 0 saturated heterocycles. The molecule has 0 radical (unpaired) electrons. The lowest BCUT2D eigenvalue weighted by molar-refractivity contribution is -0.135. The molecule has 110 valence electrons. The first-order valence-corrected chi connectivity index (χ1v) is 7.12. The van der Waals surface area contributed by atoms with Gasteiger partial charge in [0.1, 0.15) is 6.61 Å². The van der Waals surface area contributed by atoms with Gasteiger partial charge < -0.3 is 20.1 Å². The number of likely N-dealkylation sites (N-methyl/N-ethyl adjacent to an activating group) is 1. The van der Waals surface area contributed by atoms with E-state index in [1.807, 2.05) is 11.4 Å². The predicted molar refractivity (Wildman–Crippen MR) is 79.4 cm³/mol. The molecule has 0 saturated carbocycles. The van der Waals surface area contributed by atoms with Crippen molar-refractivity contribution in [3.8, 4) is 11.8 Å². The zero-order valence-corrected chi connectivity index (χ0v) is 12.7. The van der Waals surface area contributed by atoms with Crippen LogP contribution in [0, 0.1) is 11.8 Å². The maximum Gasteiger partial charge on any atom is 0.248 e. The second-order valence-corrected chi connectivity index (χ2v) is 5.03. The number of hydrogen-bond acceptors (Lipinski definition) is 5. The molecule has 0 aliphatic carbocycles. The van der Waals surface area contributed by atoms with Gasteiger partial charge in [-0.05, 0) is 17.0 Å². The molecular weight excluding hydrogens is 276 g/mol. The Bertz CT molecular complexity index is 476. The average Bonchev–Trinajstić information content (AvgIpc) is 2.88. The number of methoxy groups -OCH3 is 1. The first-order valence-electron chi connectivity index (χ1n) is 6.24. The van der Waals surface area contributed by atoms with Crippen molar-refractivity contribution in [1.82, 2.24) is 4.90 Å². The minimum absolute atomic E-state index is 0.0538. The number of rotatable bonds is 7. The molecule has 0 bridgehead atoms. The molecule has 2 N–H and O–H groups in total. The summed E-state index contributed by atoms with van der Waals surface area (Å²) in [6.45, 7) is 1.89. The monoisotopic (exact) mass is 296 g/mol. The molecule has 1 aromatic rings. The van der Waals surface area contributed by atoms with E-state index in [1.165, 1.54) is 0 Å². The molecular formula is C14H20N2O3S. The third-order valence-electron chi connectivity index (χ3n) is 2.47. The first-order chi connectivity index (χ1) is 9.67. The summed E-state index contributed by atoms with van der Waals surface area (Å²) in [5.41, 5.74) is 6.39. The summed E-state index contributed by atoms with van der Waals surface area (Å²) in [5, 5.41) is 2.00. The van der Waals surface area contributed by atoms with Crippen LogP contribution in [0.4, 0.5) is 0 Å². The first kappa shape index (κ1) is 16.7. The Morgan fingerprint density at radius 1 is 1.50 bits per heavy atom. The molecule has 6 heteroatoms. The van der Waals surface area contributed by atoms with E-state index in [1.54, 1.807) is 30.4 Å². The van der Waals surface area contributed by atoms with Crippen molar-refractivity contribution in [2.45, 2.75) is 6.54 Å². The van der Waals surface area contributed by atoms with E-state index >= 15 is 0 Å². The van der Waals surface area contributed by atoms with Crippen molar-refractivity contribution >= 4 is 17.2 Å². The highest BCUT2D eigenvalue weighted by molar-refractivity contribution is 7.10. The smallest absolute Gasteiger partial charge is 0.248 e. The second kappa shape index (κ2) is 9.50. The van der Waals surface area contributed by atoms with Crippen molar-refractivity contribution in [1.29, 1.82) is 0 Å². The summed E-state index contributed by atoms with van der Waals surface area (Å²) in [7, 11) is 3.35. The molecule has 5 nitrogen and oxygen atoms in total. The lowest BCUT2D eigenvalue weighted by Crippen LogP contribution is -2.30. The standard InChI is InChI=1S/C14H20N2O3S/c1-16(14(17)10-19-7-6-18-2)9-12-8-13(20-11-12)4-3-5-15/h8,11H,5-7,9-10,15H2,1-2H3. The summed E-state index contributed by atoms with van der Waals surface area (Å²) in [5.74, 6) is 5.73. The van der Waals surface area contributed by atoms with Gasteiger partial charge in [-0.25, -0.2) is 0 Å². The Morgan fingerprint density at radius 3 is 3.00 bits per heavy atom. The average molecular weight is 296 g/mol. The maximum atomic E-state index is 11.8. The Morgan fingerprint density at radius 2 is 2.30 bits per heavy atom. The number of carbonyl (C=O) groups excluding carboxylic acids is 1. The van der Waals surface area contributed by atoms with Crippen molar-refractivity contribution < 1.29 is 14.3 Å². The minimum atomic E-state index is -0.0538. The molecule has 1 aromatic heterocycles. The van der Waals surface area contributed by atoms with Crippen LogP contribution in [0.3, 0.4) is 0 Å². The van der Waals surface area contributed by atoms with Gasteiger partial charge in [-0.1, -0.05) is 11.8 Å². The molecule has 0 atom stereocenters. The summed E-state index contributed by atoms with van der Waals surface area (Å²) < 4.78 is 10.0. The largest absolute Gasteiger partial charge is 0.382 e. The number of amides is 1. The zero-order chi connectivity index (χ0) is 14.8. The highest BCUT2D eigenvalue weighted by Gasteiger charge is 2.10. The Kier molecular flexibility index (Phi) is 7.92. The van der Waals surface area contributed by atoms with E-state index in [9.17, 15) is 4.79 Å². The Labute approximate surface area is 123 Å². The fourth-order valence-corrected chi connectivity index (χ4v) is 2.21. The Hall–Kier alpha value is -1.39. The third-order valence-corrected chi connectivity index (χ3v) is 3.36. The van der Waals surface area contributed by atoms with Crippen LogP contribution in [0.1, 0.15) is 10.4 Å². The van der Waals surface area contributed by atoms with Gasteiger partial charge in [0.25, 0.3) is 0 Å². The highest BCUT2D eigenvalue weighted by atomic mass is 32.1. The molecule has 1 amide bonds. The fourth-order valence-electron chi connectivity index (χ4n) is 1.44. The van der Waals surface area contributed by atoms with E-state index in [0.717, 1.165) is 10.4 Å². The molecule has 0 aliphatic heterocycles. The van der Waals surface area contributed by atoms with Crippen molar-refractivity contribution in [3.63, 3.8) is 0 Å². The number of thiophene rings is 1. The van der Waals surface area contributed by atoms with E-state index in [4.69, 9.17) is 15.2 Å². The normalized spacial score (nSPS) is 9.95. The quantitative estimate of drug-likeness (QED) is 0.593. The van der Waals surface area contributed by atoms with Crippen molar-refractivity contribution in [2.24, 2.45) is 5.73 Å². The van der Waals surface area contributed by atoms with E-state index in [0.29, 0.717) is 26.3 Å². The SMILES string of the molecule is COCCOCC(=O)N(C)Cc1csc(C#CCN)c1. The molecule has 0 spiro atoms. The molecule has 0 fully saturated rings. The van der Waals surface area contributed by atoms with Gasteiger partial charge in [-0.15, -0.1) is 11.3 Å². The Balaban J connectivity index is 2.39. The summed E-state index contributed by atoms with van der Waals surface area (Å²) in [4.78, 5) is 14.4. The van der Waals surface area contributed by atoms with Gasteiger partial charge in [0.2, 0.25) is 5.91 Å². The molecule has 0 aromatic carbocycles. The van der Waals surface area contributed by atoms with Crippen LogP contribution < -0.4 is 5.73 Å². The van der Waals surface area contributed by atoms with Gasteiger partial charge in [0, 0.05) is 20.7 Å². The van der Waals surface area contributed by atoms with Crippen LogP contribution in [0.5, 0.6) is 0 Å². The summed E-state index contributed by atoms with van der Waals surface area (Å²) in [6, 6.07) is 1.98. The molecule has 20 heavy (non-hydrogen) atoms. The zero-order valence-electron chi connectivity index (χ0n) is 11.8. The summed E-state index contributed by atoms with van der Waals surface area (Å²) in [6.07, 6.45) is 0. The summed E-state index contributed by atoms with van der Waals surface area (Å²) >= 11 is 1.55. The van der Waals surface area contributed by atoms with Gasteiger partial charge in [0.15, 0.2) is 0 Å². The number of hydrogen-bond donors (Lipinski definition) is 1. The van der Waals surface area contributed by atoms with Gasteiger partial charge in [-0.3, -0.25) is 4.79 Å². The number of nitrogens with zero attached hydrogens (tertiary/aromatic N) is 1. The van der Waals surface area contributed by atoms with Gasteiger partial charge in [0.05, 0.1) is 24.6 Å². The van der Waals surface area contributed by atoms with Crippen LogP contribution in [0.2, 0.25) is 0 Å². The fraction of sp³-hybridized carbons (Fsp3) is 0.500. The minimum Gasteiger partial charge on any atom is -0.382 e. The van der Waals surface area contributed by atoms with Crippen LogP contribution in [0.25, 0.3) is 0 Å². The number of nitrogens with two attached hydrogens (primary N) is 1. The lowest BCUT2D eigenvalue weighted by Gasteiger charge is -2.16. The second-order valence-electron chi connectivity index (χ2n) is 4.12. The van der Waals surface area contributed by atoms with Crippen LogP contribution >= 0.6 is 11.3 Å². The number of carbonyl (C=O) groups is 1. The number of ether oxygens (including phenoxy) is 2. The third kappa shape index (κ3) is 6.17. The topological polar surface area (TPSA) is 64.8 Å². The molecule has 0 unspecified atom stereocenters. The van der Waals surface area contributed by atoms with E-state index in [-0.39, 0.29) is 12.5 Å². The van der Waals surface area contributed by atoms with Crippen molar-refractivity contribution in [3.05, 3.63) is 21.9 Å². The molecule has 1 heterocycles. The molecule has 1 rings (SSSR count). The van der Waals surface area contributed by atoms with E-state index in [2.05, 4.69) is 11.8 Å². The van der Waals surface area contributed by atoms with Crippen LogP contribution in [-0.2, 0) is 20.8 Å². The highest BCUT2D eigenvalue weighted by Crippen LogP contribution is 2.15. The van der Waals surface area contributed by atoms with E-state index < -0.39 is 0 Å². The lowest BCUT2D eigenvalue weighted by atomic mass is 10.3. The predicted octanol–water partition coefficient (Wildman–Crippen LogP) is 0.680. The van der Waals surface area contributed by atoms with Crippen LogP contribution in [-0.4, -0.2) is 51.3 Å². The van der Waals surface area contributed by atoms with Crippen molar-refractivity contribution in [2.75, 3.05) is 40.5 Å². The maximum absolute atomic E-state index is 11.8. The van der Waals surface area contributed by atoms with Gasteiger partial charge >= 0.3 is 0 Å². The van der Waals surface area contributed by atoms with Gasteiger partial charge in [-0.2, -0.15) is 0 Å².